The monoisotopic (exact) mass is 174 g/mol. The number of ether oxygens (including phenoxy) is 2. The van der Waals surface area contributed by atoms with Gasteiger partial charge in [0, 0.05) is 19.6 Å². The van der Waals surface area contributed by atoms with Gasteiger partial charge in [0.15, 0.2) is 6.23 Å². The van der Waals surface area contributed by atoms with E-state index < -0.39 is 6.16 Å². The first-order valence-electron chi connectivity index (χ1n) is 4.10. The first-order valence-corrected chi connectivity index (χ1v) is 4.10. The van der Waals surface area contributed by atoms with Crippen LogP contribution in [0.25, 0.3) is 0 Å². The molecule has 0 bridgehead atoms. The van der Waals surface area contributed by atoms with Crippen molar-refractivity contribution in [2.45, 2.75) is 13.2 Å². The zero-order valence-corrected chi connectivity index (χ0v) is 7.13. The number of hydrogen-bond donors (Lipinski definition) is 2. The van der Waals surface area contributed by atoms with Gasteiger partial charge in [-0.15, -0.1) is 0 Å². The normalized spacial score (nSPS) is 23.2. The van der Waals surface area contributed by atoms with E-state index in [0.29, 0.717) is 13.2 Å². The fourth-order valence-corrected chi connectivity index (χ4v) is 0.978. The second-order valence-corrected chi connectivity index (χ2v) is 2.45. The zero-order valence-electron chi connectivity index (χ0n) is 7.13. The van der Waals surface area contributed by atoms with Crippen LogP contribution >= 0.6 is 0 Å². The molecule has 1 aliphatic heterocycles. The van der Waals surface area contributed by atoms with E-state index in [1.165, 1.54) is 0 Å². The highest BCUT2D eigenvalue weighted by molar-refractivity contribution is 5.60. The van der Waals surface area contributed by atoms with Crippen LogP contribution in [0.2, 0.25) is 0 Å². The third-order valence-corrected chi connectivity index (χ3v) is 1.50. The molecule has 0 spiro atoms. The summed E-state index contributed by atoms with van der Waals surface area (Å²) >= 11 is 0. The van der Waals surface area contributed by atoms with Gasteiger partial charge in [-0.25, -0.2) is 4.79 Å². The standard InChI is InChI=1S/C7H14N2O3/c1-2-11-7(10)12-6-5-8-3-4-9-6/h6,8-9H,2-5H2,1H3. The van der Waals surface area contributed by atoms with Crippen LogP contribution in [0.5, 0.6) is 0 Å². The third-order valence-electron chi connectivity index (χ3n) is 1.50. The molecular weight excluding hydrogens is 160 g/mol. The Morgan fingerprint density at radius 3 is 3.00 bits per heavy atom. The highest BCUT2D eigenvalue weighted by atomic mass is 16.7. The van der Waals surface area contributed by atoms with E-state index in [4.69, 9.17) is 4.74 Å². The summed E-state index contributed by atoms with van der Waals surface area (Å²) in [5, 5.41) is 6.11. The van der Waals surface area contributed by atoms with Crippen molar-refractivity contribution in [1.82, 2.24) is 10.6 Å². The second kappa shape index (κ2) is 4.95. The van der Waals surface area contributed by atoms with Gasteiger partial charge in [-0.05, 0) is 6.92 Å². The minimum atomic E-state index is -0.612. The Morgan fingerprint density at radius 2 is 2.42 bits per heavy atom. The number of nitrogens with one attached hydrogen (secondary N) is 2. The SMILES string of the molecule is CCOC(=O)OC1CNCCN1. The fraction of sp³-hybridized carbons (Fsp3) is 0.857. The van der Waals surface area contributed by atoms with Gasteiger partial charge in [-0.3, -0.25) is 5.32 Å². The molecule has 0 aliphatic carbocycles. The highest BCUT2D eigenvalue weighted by Crippen LogP contribution is 1.93. The number of rotatable bonds is 2. The molecule has 1 heterocycles. The molecule has 0 radical (unpaired) electrons. The summed E-state index contributed by atoms with van der Waals surface area (Å²) in [6.45, 7) is 4.44. The lowest BCUT2D eigenvalue weighted by molar-refractivity contribution is 0.00971. The second-order valence-electron chi connectivity index (χ2n) is 2.45. The molecule has 0 aromatic rings. The van der Waals surface area contributed by atoms with Crippen LogP contribution in [0.3, 0.4) is 0 Å². The minimum absolute atomic E-state index is 0.252. The molecule has 1 fully saturated rings. The first kappa shape index (κ1) is 9.28. The van der Waals surface area contributed by atoms with E-state index in [-0.39, 0.29) is 6.23 Å². The first-order chi connectivity index (χ1) is 5.83. The summed E-state index contributed by atoms with van der Waals surface area (Å²) in [4.78, 5) is 10.8. The van der Waals surface area contributed by atoms with Gasteiger partial charge in [0.2, 0.25) is 0 Å². The maximum atomic E-state index is 10.8. The Morgan fingerprint density at radius 1 is 1.58 bits per heavy atom. The highest BCUT2D eigenvalue weighted by Gasteiger charge is 2.16. The maximum absolute atomic E-state index is 10.8. The van der Waals surface area contributed by atoms with Crippen molar-refractivity contribution in [2.75, 3.05) is 26.2 Å². The van der Waals surface area contributed by atoms with E-state index in [2.05, 4.69) is 15.4 Å². The Balaban J connectivity index is 2.15. The van der Waals surface area contributed by atoms with Crippen molar-refractivity contribution >= 4 is 6.16 Å². The van der Waals surface area contributed by atoms with Crippen molar-refractivity contribution in [3.05, 3.63) is 0 Å². The Bertz CT molecular complexity index is 146. The van der Waals surface area contributed by atoms with Gasteiger partial charge >= 0.3 is 6.16 Å². The van der Waals surface area contributed by atoms with Crippen LogP contribution in [0.15, 0.2) is 0 Å². The van der Waals surface area contributed by atoms with Gasteiger partial charge in [0.25, 0.3) is 0 Å². The lowest BCUT2D eigenvalue weighted by atomic mass is 10.4. The van der Waals surface area contributed by atoms with Crippen molar-refractivity contribution < 1.29 is 14.3 Å². The van der Waals surface area contributed by atoms with Gasteiger partial charge in [0.05, 0.1) is 6.61 Å². The molecule has 1 saturated heterocycles. The van der Waals surface area contributed by atoms with E-state index in [1.54, 1.807) is 6.92 Å². The predicted molar refractivity (Wildman–Crippen MR) is 42.8 cm³/mol. The molecule has 0 saturated carbocycles. The van der Waals surface area contributed by atoms with Crippen molar-refractivity contribution in [1.29, 1.82) is 0 Å². The zero-order chi connectivity index (χ0) is 8.81. The van der Waals surface area contributed by atoms with Crippen molar-refractivity contribution in [2.24, 2.45) is 0 Å². The van der Waals surface area contributed by atoms with E-state index >= 15 is 0 Å². The van der Waals surface area contributed by atoms with Gasteiger partial charge < -0.3 is 14.8 Å². The van der Waals surface area contributed by atoms with E-state index in [1.807, 2.05) is 0 Å². The average Bonchev–Trinajstić information content (AvgIpc) is 2.06. The summed E-state index contributed by atoms with van der Waals surface area (Å²) < 4.78 is 9.51. The van der Waals surface area contributed by atoms with Gasteiger partial charge in [-0.1, -0.05) is 0 Å². The Kier molecular flexibility index (Phi) is 3.83. The van der Waals surface area contributed by atoms with Gasteiger partial charge in [-0.2, -0.15) is 0 Å². The van der Waals surface area contributed by atoms with Crippen LogP contribution in [0.1, 0.15) is 6.92 Å². The molecule has 70 valence electrons. The summed E-state index contributed by atoms with van der Waals surface area (Å²) in [7, 11) is 0. The van der Waals surface area contributed by atoms with Crippen LogP contribution in [0.4, 0.5) is 4.79 Å². The molecule has 0 aromatic carbocycles. The Labute approximate surface area is 71.4 Å². The van der Waals surface area contributed by atoms with E-state index in [0.717, 1.165) is 13.1 Å². The maximum Gasteiger partial charge on any atom is 0.509 e. The van der Waals surface area contributed by atoms with Crippen LogP contribution in [0, 0.1) is 0 Å². The molecule has 5 heteroatoms. The Hall–Kier alpha value is -0.810. The molecule has 1 unspecified atom stereocenters. The quantitative estimate of drug-likeness (QED) is 0.562. The lowest BCUT2D eigenvalue weighted by Gasteiger charge is -2.23. The number of piperazine rings is 1. The molecular formula is C7H14N2O3. The van der Waals surface area contributed by atoms with Crippen LogP contribution in [-0.4, -0.2) is 38.6 Å². The number of carbonyl (C=O) groups excluding carboxylic acids is 1. The van der Waals surface area contributed by atoms with Crippen molar-refractivity contribution in [3.8, 4) is 0 Å². The molecule has 0 aromatic heterocycles. The molecule has 1 atom stereocenters. The molecule has 1 rings (SSSR count). The molecule has 12 heavy (non-hydrogen) atoms. The minimum Gasteiger partial charge on any atom is -0.435 e. The lowest BCUT2D eigenvalue weighted by Crippen LogP contribution is -2.50. The van der Waals surface area contributed by atoms with Crippen LogP contribution < -0.4 is 10.6 Å². The predicted octanol–water partition coefficient (Wildman–Crippen LogP) is -0.322. The topological polar surface area (TPSA) is 59.6 Å². The number of carbonyl (C=O) groups is 1. The van der Waals surface area contributed by atoms with Crippen LogP contribution in [-0.2, 0) is 9.47 Å². The smallest absolute Gasteiger partial charge is 0.435 e. The summed E-state index contributed by atoms with van der Waals surface area (Å²) in [6.07, 6.45) is -0.864. The third kappa shape index (κ3) is 3.06. The van der Waals surface area contributed by atoms with Crippen molar-refractivity contribution in [3.63, 3.8) is 0 Å². The summed E-state index contributed by atoms with van der Waals surface area (Å²) in [5.74, 6) is 0. The summed E-state index contributed by atoms with van der Waals surface area (Å²) in [5.41, 5.74) is 0. The largest absolute Gasteiger partial charge is 0.509 e. The van der Waals surface area contributed by atoms with Gasteiger partial charge in [0.1, 0.15) is 0 Å². The number of hydrogen-bond acceptors (Lipinski definition) is 5. The average molecular weight is 174 g/mol. The molecule has 5 nitrogen and oxygen atoms in total. The van der Waals surface area contributed by atoms with E-state index in [9.17, 15) is 4.79 Å². The molecule has 1 aliphatic rings. The fourth-order valence-electron chi connectivity index (χ4n) is 0.978. The molecule has 0 amide bonds. The summed E-state index contributed by atoms with van der Waals surface area (Å²) in [6, 6.07) is 0. The molecule has 2 N–H and O–H groups in total.